The normalized spacial score (nSPS) is 22.3. The second-order valence-corrected chi connectivity index (χ2v) is 6.27. The van der Waals surface area contributed by atoms with E-state index < -0.39 is 5.66 Å². The Bertz CT molecular complexity index is 755. The number of rotatable bonds is 5. The molecule has 0 aliphatic carbocycles. The van der Waals surface area contributed by atoms with Crippen molar-refractivity contribution >= 4 is 5.96 Å². The third-order valence-corrected chi connectivity index (χ3v) is 4.51. The molecule has 2 aromatic rings. The lowest BCUT2D eigenvalue weighted by Gasteiger charge is -2.37. The molecule has 2 unspecified atom stereocenters. The van der Waals surface area contributed by atoms with E-state index in [4.69, 9.17) is 5.73 Å². The molecule has 0 fully saturated rings. The van der Waals surface area contributed by atoms with Gasteiger partial charge in [-0.1, -0.05) is 49.4 Å². The summed E-state index contributed by atoms with van der Waals surface area (Å²) in [6.45, 7) is 2.67. The molecule has 1 aliphatic heterocycles. The van der Waals surface area contributed by atoms with Crippen molar-refractivity contribution in [2.75, 3.05) is 6.54 Å². The Morgan fingerprint density at radius 2 is 1.84 bits per heavy atom. The number of nitrogens with zero attached hydrogens (tertiary/aromatic N) is 1. The lowest BCUT2D eigenvalue weighted by atomic mass is 9.87. The molecule has 4 N–H and O–H groups in total. The second-order valence-electron chi connectivity index (χ2n) is 6.27. The number of hydrogen-bond acceptors (Lipinski definition) is 2. The monoisotopic (exact) mass is 338 g/mol. The predicted octanol–water partition coefficient (Wildman–Crippen LogP) is 2.89. The average Bonchev–Trinajstić information content (AvgIpc) is 2.63. The Morgan fingerprint density at radius 3 is 2.56 bits per heavy atom. The minimum atomic E-state index is -0.783. The minimum Gasteiger partial charge on any atom is -0.334 e. The third kappa shape index (κ3) is 4.25. The van der Waals surface area contributed by atoms with Crippen molar-refractivity contribution in [2.24, 2.45) is 10.7 Å². The fourth-order valence-corrected chi connectivity index (χ4v) is 2.85. The molecule has 130 valence electrons. The van der Waals surface area contributed by atoms with Crippen molar-refractivity contribution < 1.29 is 4.39 Å². The molecule has 5 heteroatoms. The van der Waals surface area contributed by atoms with Crippen LogP contribution in [0.15, 0.2) is 71.9 Å². The fourth-order valence-electron chi connectivity index (χ4n) is 2.85. The van der Waals surface area contributed by atoms with E-state index in [0.717, 1.165) is 12.0 Å². The Hall–Kier alpha value is -2.66. The molecule has 2 atom stereocenters. The molecule has 25 heavy (non-hydrogen) atoms. The molecule has 0 aromatic heterocycles. The van der Waals surface area contributed by atoms with Gasteiger partial charge < -0.3 is 16.4 Å². The van der Waals surface area contributed by atoms with Gasteiger partial charge >= 0.3 is 0 Å². The quantitative estimate of drug-likeness (QED) is 0.785. The summed E-state index contributed by atoms with van der Waals surface area (Å²) < 4.78 is 13.1. The Kier molecular flexibility index (Phi) is 5.14. The topological polar surface area (TPSA) is 62.4 Å². The van der Waals surface area contributed by atoms with Crippen LogP contribution in [0.1, 0.15) is 24.0 Å². The van der Waals surface area contributed by atoms with Crippen LogP contribution in [0, 0.1) is 5.82 Å². The van der Waals surface area contributed by atoms with Gasteiger partial charge in [0.15, 0.2) is 5.96 Å². The predicted molar refractivity (Wildman–Crippen MR) is 99.6 cm³/mol. The maximum Gasteiger partial charge on any atom is 0.197 e. The van der Waals surface area contributed by atoms with Gasteiger partial charge in [-0.3, -0.25) is 4.99 Å². The number of halogens is 1. The molecule has 1 heterocycles. The number of nitrogens with two attached hydrogens (primary N) is 1. The van der Waals surface area contributed by atoms with Crippen LogP contribution in [0.4, 0.5) is 4.39 Å². The van der Waals surface area contributed by atoms with Gasteiger partial charge in [0.05, 0.1) is 0 Å². The van der Waals surface area contributed by atoms with Crippen LogP contribution in [0.5, 0.6) is 0 Å². The van der Waals surface area contributed by atoms with E-state index in [1.54, 1.807) is 18.3 Å². The summed E-state index contributed by atoms with van der Waals surface area (Å²) in [5, 5.41) is 6.36. The van der Waals surface area contributed by atoms with E-state index in [-0.39, 0.29) is 11.7 Å². The number of guanidine groups is 1. The van der Waals surface area contributed by atoms with Crippen molar-refractivity contribution in [2.45, 2.75) is 24.9 Å². The van der Waals surface area contributed by atoms with Crippen LogP contribution >= 0.6 is 0 Å². The van der Waals surface area contributed by atoms with Gasteiger partial charge in [0, 0.05) is 18.7 Å². The van der Waals surface area contributed by atoms with Crippen molar-refractivity contribution in [1.29, 1.82) is 0 Å². The van der Waals surface area contributed by atoms with Crippen molar-refractivity contribution in [3.05, 3.63) is 83.8 Å². The smallest absolute Gasteiger partial charge is 0.197 e. The van der Waals surface area contributed by atoms with Crippen LogP contribution in [0.3, 0.4) is 0 Å². The first-order chi connectivity index (χ1) is 12.1. The summed E-state index contributed by atoms with van der Waals surface area (Å²) in [6.07, 6.45) is 4.54. The van der Waals surface area contributed by atoms with Crippen molar-refractivity contribution in [3.63, 3.8) is 0 Å². The van der Waals surface area contributed by atoms with Gasteiger partial charge in [0.25, 0.3) is 0 Å². The second kappa shape index (κ2) is 7.49. The number of hydrogen-bond donors (Lipinski definition) is 3. The van der Waals surface area contributed by atoms with Crippen molar-refractivity contribution in [1.82, 2.24) is 10.6 Å². The van der Waals surface area contributed by atoms with E-state index >= 15 is 0 Å². The average molecular weight is 338 g/mol. The number of aliphatic imine (C=N–C) groups is 1. The summed E-state index contributed by atoms with van der Waals surface area (Å²) in [4.78, 5) is 4.57. The van der Waals surface area contributed by atoms with Gasteiger partial charge in [-0.15, -0.1) is 0 Å². The fraction of sp³-hybridized carbons (Fsp3) is 0.250. The van der Waals surface area contributed by atoms with Crippen LogP contribution < -0.4 is 16.4 Å². The zero-order valence-electron chi connectivity index (χ0n) is 14.2. The SMILES string of the molecule is CC(c1ccc(F)cc1)C1(N)C=CNC(=NCCc2ccccc2)N1. The maximum atomic E-state index is 13.1. The summed E-state index contributed by atoms with van der Waals surface area (Å²) in [5.41, 5.74) is 7.96. The first-order valence-electron chi connectivity index (χ1n) is 8.42. The molecule has 0 saturated heterocycles. The van der Waals surface area contributed by atoms with Gasteiger partial charge in [-0.25, -0.2) is 4.39 Å². The molecule has 4 nitrogen and oxygen atoms in total. The zero-order chi connectivity index (χ0) is 17.7. The number of benzene rings is 2. The first kappa shape index (κ1) is 17.2. The summed E-state index contributed by atoms with van der Waals surface area (Å²) >= 11 is 0. The summed E-state index contributed by atoms with van der Waals surface area (Å²) in [5.74, 6) is 0.347. The van der Waals surface area contributed by atoms with Crippen molar-refractivity contribution in [3.8, 4) is 0 Å². The first-order valence-corrected chi connectivity index (χ1v) is 8.42. The minimum absolute atomic E-state index is 0.0502. The maximum absolute atomic E-state index is 13.1. The van der Waals surface area contributed by atoms with Gasteiger partial charge in [0.2, 0.25) is 0 Å². The molecule has 2 aromatic carbocycles. The molecule has 0 saturated carbocycles. The highest BCUT2D eigenvalue weighted by atomic mass is 19.1. The molecule has 0 bridgehead atoms. The molecule has 1 aliphatic rings. The summed E-state index contributed by atoms with van der Waals surface area (Å²) in [6, 6.07) is 16.7. The van der Waals surface area contributed by atoms with E-state index in [1.165, 1.54) is 17.7 Å². The lowest BCUT2D eigenvalue weighted by molar-refractivity contribution is 0.403. The molecule has 0 spiro atoms. The highest BCUT2D eigenvalue weighted by Gasteiger charge is 2.33. The standard InChI is InChI=1S/C20H23FN4/c1-15(17-7-9-18(21)10-8-17)20(22)12-14-24-19(25-20)23-13-11-16-5-3-2-4-6-16/h2-10,12,14-15H,11,13,22H2,1H3,(H2,23,24,25). The molecular weight excluding hydrogens is 315 g/mol. The Balaban J connectivity index is 1.67. The molecule has 3 rings (SSSR count). The van der Waals surface area contributed by atoms with E-state index in [2.05, 4.69) is 27.8 Å². The highest BCUT2D eigenvalue weighted by molar-refractivity contribution is 5.83. The van der Waals surface area contributed by atoms with Gasteiger partial charge in [0.1, 0.15) is 11.5 Å². The summed E-state index contributed by atoms with van der Waals surface area (Å²) in [7, 11) is 0. The Morgan fingerprint density at radius 1 is 1.12 bits per heavy atom. The molecule has 0 radical (unpaired) electrons. The third-order valence-electron chi connectivity index (χ3n) is 4.51. The lowest BCUT2D eigenvalue weighted by Crippen LogP contribution is -2.62. The molecule has 0 amide bonds. The van der Waals surface area contributed by atoms with E-state index in [9.17, 15) is 4.39 Å². The largest absolute Gasteiger partial charge is 0.334 e. The Labute approximate surface area is 147 Å². The van der Waals surface area contributed by atoms with Crippen LogP contribution in [-0.4, -0.2) is 18.2 Å². The van der Waals surface area contributed by atoms with Crippen LogP contribution in [0.2, 0.25) is 0 Å². The van der Waals surface area contributed by atoms with Crippen LogP contribution in [0.25, 0.3) is 0 Å². The van der Waals surface area contributed by atoms with Crippen LogP contribution in [-0.2, 0) is 6.42 Å². The van der Waals surface area contributed by atoms with E-state index in [1.807, 2.05) is 31.2 Å². The van der Waals surface area contributed by atoms with Gasteiger partial charge in [-0.05, 0) is 35.8 Å². The highest BCUT2D eigenvalue weighted by Crippen LogP contribution is 2.26. The van der Waals surface area contributed by atoms with Gasteiger partial charge in [-0.2, -0.15) is 0 Å². The number of nitrogens with one attached hydrogen (secondary N) is 2. The zero-order valence-corrected chi connectivity index (χ0v) is 14.2. The molecular formula is C20H23FN4. The van der Waals surface area contributed by atoms with E-state index in [0.29, 0.717) is 12.5 Å².